The van der Waals surface area contributed by atoms with Crippen LogP contribution in [0.15, 0.2) is 60.7 Å². The van der Waals surface area contributed by atoms with E-state index in [0.29, 0.717) is 6.54 Å². The van der Waals surface area contributed by atoms with Crippen molar-refractivity contribution in [3.63, 3.8) is 0 Å². The number of rotatable bonds is 6. The van der Waals surface area contributed by atoms with E-state index >= 15 is 0 Å². The van der Waals surface area contributed by atoms with Gasteiger partial charge in [0.2, 0.25) is 0 Å². The van der Waals surface area contributed by atoms with Gasteiger partial charge < -0.3 is 4.74 Å². The molecule has 0 bridgehead atoms. The van der Waals surface area contributed by atoms with Gasteiger partial charge >= 0.3 is 5.97 Å². The summed E-state index contributed by atoms with van der Waals surface area (Å²) in [4.78, 5) is 13.6. The maximum Gasteiger partial charge on any atom is 0.319 e. The minimum absolute atomic E-state index is 0. The number of carbonyl (C=O) groups excluding carboxylic acids is 1. The molecule has 2 aromatic rings. The largest absolute Gasteiger partial charge is 0.468 e. The van der Waals surface area contributed by atoms with Gasteiger partial charge in [0.05, 0.1) is 13.7 Å². The maximum absolute atomic E-state index is 11.5. The monoisotopic (exact) mass is 349 g/mol. The Morgan fingerprint density at radius 3 is 1.71 bits per heavy atom. The highest BCUT2D eigenvalue weighted by Gasteiger charge is 2.12. The van der Waals surface area contributed by atoms with Crippen LogP contribution < -0.4 is 0 Å². The second kappa shape index (κ2) is 9.32. The Labute approximate surface area is 136 Å². The van der Waals surface area contributed by atoms with Crippen molar-refractivity contribution < 1.29 is 9.53 Å². The first-order valence-corrected chi connectivity index (χ1v) is 6.65. The molecular formula is C17H20BrNO2. The van der Waals surface area contributed by atoms with E-state index in [0.717, 1.165) is 13.1 Å². The smallest absolute Gasteiger partial charge is 0.319 e. The van der Waals surface area contributed by atoms with Crippen LogP contribution in [0.4, 0.5) is 0 Å². The molecule has 0 aliphatic heterocycles. The molecule has 0 aromatic heterocycles. The highest BCUT2D eigenvalue weighted by molar-refractivity contribution is 8.93. The van der Waals surface area contributed by atoms with E-state index < -0.39 is 0 Å². The van der Waals surface area contributed by atoms with Crippen LogP contribution in [-0.2, 0) is 22.6 Å². The van der Waals surface area contributed by atoms with Gasteiger partial charge in [-0.3, -0.25) is 9.69 Å². The Morgan fingerprint density at radius 2 is 1.33 bits per heavy atom. The highest BCUT2D eigenvalue weighted by Crippen LogP contribution is 2.09. The lowest BCUT2D eigenvalue weighted by Crippen LogP contribution is -2.29. The number of hydrogen-bond donors (Lipinski definition) is 0. The molecule has 0 saturated heterocycles. The summed E-state index contributed by atoms with van der Waals surface area (Å²) >= 11 is 0. The molecule has 0 heterocycles. The molecule has 2 rings (SSSR count). The second-order valence-electron chi connectivity index (χ2n) is 4.69. The molecule has 0 aliphatic carbocycles. The maximum atomic E-state index is 11.5. The average molecular weight is 350 g/mol. The van der Waals surface area contributed by atoms with Gasteiger partial charge in [0.25, 0.3) is 0 Å². The predicted octanol–water partition coefficient (Wildman–Crippen LogP) is 3.44. The number of benzene rings is 2. The molecule has 3 nitrogen and oxygen atoms in total. The van der Waals surface area contributed by atoms with Crippen molar-refractivity contribution in [3.8, 4) is 0 Å². The van der Waals surface area contributed by atoms with E-state index in [9.17, 15) is 4.79 Å². The Bertz CT molecular complexity index is 490. The number of methoxy groups -OCH3 is 1. The molecule has 0 spiro atoms. The summed E-state index contributed by atoms with van der Waals surface area (Å²) in [5.74, 6) is -0.211. The van der Waals surface area contributed by atoms with Crippen LogP contribution >= 0.6 is 17.0 Å². The lowest BCUT2D eigenvalue weighted by molar-refractivity contribution is -0.142. The number of halogens is 1. The number of esters is 1. The number of hydrogen-bond acceptors (Lipinski definition) is 3. The Morgan fingerprint density at radius 1 is 0.905 bits per heavy atom. The predicted molar refractivity (Wildman–Crippen MR) is 89.3 cm³/mol. The van der Waals surface area contributed by atoms with Crippen molar-refractivity contribution in [3.05, 3.63) is 71.8 Å². The van der Waals surface area contributed by atoms with Crippen molar-refractivity contribution in [1.29, 1.82) is 0 Å². The van der Waals surface area contributed by atoms with Gasteiger partial charge in [-0.25, -0.2) is 0 Å². The fourth-order valence-corrected chi connectivity index (χ4v) is 2.10. The molecular weight excluding hydrogens is 330 g/mol. The van der Waals surface area contributed by atoms with E-state index in [-0.39, 0.29) is 23.0 Å². The zero-order valence-corrected chi connectivity index (χ0v) is 13.8. The van der Waals surface area contributed by atoms with Crippen LogP contribution in [-0.4, -0.2) is 24.5 Å². The molecule has 2 aromatic carbocycles. The van der Waals surface area contributed by atoms with Gasteiger partial charge in [0.15, 0.2) is 0 Å². The van der Waals surface area contributed by atoms with E-state index in [1.165, 1.54) is 18.2 Å². The van der Waals surface area contributed by atoms with Crippen molar-refractivity contribution in [2.24, 2.45) is 0 Å². The lowest BCUT2D eigenvalue weighted by Gasteiger charge is -2.21. The summed E-state index contributed by atoms with van der Waals surface area (Å²) in [7, 11) is 1.42. The minimum Gasteiger partial charge on any atom is -0.468 e. The van der Waals surface area contributed by atoms with Crippen LogP contribution in [0.25, 0.3) is 0 Å². The van der Waals surface area contributed by atoms with E-state index in [2.05, 4.69) is 29.2 Å². The van der Waals surface area contributed by atoms with E-state index in [1.54, 1.807) is 0 Å². The molecule has 4 heteroatoms. The van der Waals surface area contributed by atoms with Gasteiger partial charge in [0.1, 0.15) is 0 Å². The SMILES string of the molecule is Br.COC(=O)CN(Cc1ccccc1)Cc1ccccc1. The van der Waals surface area contributed by atoms with Crippen LogP contribution in [0.2, 0.25) is 0 Å². The fourth-order valence-electron chi connectivity index (χ4n) is 2.10. The van der Waals surface area contributed by atoms with Crippen molar-refractivity contribution in [2.75, 3.05) is 13.7 Å². The van der Waals surface area contributed by atoms with Crippen molar-refractivity contribution in [2.45, 2.75) is 13.1 Å². The molecule has 0 aliphatic rings. The summed E-state index contributed by atoms with van der Waals surface area (Å²) in [5.41, 5.74) is 2.37. The molecule has 0 fully saturated rings. The standard InChI is InChI=1S/C17H19NO2.BrH/c1-20-17(19)14-18(12-15-8-4-2-5-9-15)13-16-10-6-3-7-11-16;/h2-11H,12-14H2,1H3;1H. The summed E-state index contributed by atoms with van der Waals surface area (Å²) in [6.07, 6.45) is 0. The molecule has 0 N–H and O–H groups in total. The van der Waals surface area contributed by atoms with Crippen LogP contribution in [0.1, 0.15) is 11.1 Å². The van der Waals surface area contributed by atoms with Gasteiger partial charge in [-0.2, -0.15) is 0 Å². The topological polar surface area (TPSA) is 29.5 Å². The van der Waals surface area contributed by atoms with Gasteiger partial charge in [-0.15, -0.1) is 17.0 Å². The number of carbonyl (C=O) groups is 1. The van der Waals surface area contributed by atoms with Gasteiger partial charge in [-0.1, -0.05) is 60.7 Å². The summed E-state index contributed by atoms with van der Waals surface area (Å²) < 4.78 is 4.78. The summed E-state index contributed by atoms with van der Waals surface area (Å²) in [6.45, 7) is 1.75. The Balaban J connectivity index is 0.00000220. The van der Waals surface area contributed by atoms with Crippen LogP contribution in [0.3, 0.4) is 0 Å². The molecule has 0 saturated carbocycles. The van der Waals surface area contributed by atoms with Crippen LogP contribution in [0, 0.1) is 0 Å². The average Bonchev–Trinajstić information content (AvgIpc) is 2.49. The minimum atomic E-state index is -0.211. The summed E-state index contributed by atoms with van der Waals surface area (Å²) in [5, 5.41) is 0. The number of nitrogens with zero attached hydrogens (tertiary/aromatic N) is 1. The van der Waals surface area contributed by atoms with E-state index in [1.807, 2.05) is 36.4 Å². The number of ether oxygens (including phenoxy) is 1. The zero-order chi connectivity index (χ0) is 14.2. The van der Waals surface area contributed by atoms with Crippen LogP contribution in [0.5, 0.6) is 0 Å². The first kappa shape index (κ1) is 17.4. The van der Waals surface area contributed by atoms with E-state index in [4.69, 9.17) is 4.74 Å². The lowest BCUT2D eigenvalue weighted by atomic mass is 10.1. The normalized spacial score (nSPS) is 10.0. The Hall–Kier alpha value is -1.65. The molecule has 0 amide bonds. The Kier molecular flexibility index (Phi) is 7.72. The third-order valence-corrected chi connectivity index (χ3v) is 3.08. The first-order chi connectivity index (χ1) is 9.78. The van der Waals surface area contributed by atoms with Crippen molar-refractivity contribution >= 4 is 23.0 Å². The second-order valence-corrected chi connectivity index (χ2v) is 4.69. The highest BCUT2D eigenvalue weighted by atomic mass is 79.9. The first-order valence-electron chi connectivity index (χ1n) is 6.65. The molecule has 0 unspecified atom stereocenters. The summed E-state index contributed by atoms with van der Waals surface area (Å²) in [6, 6.07) is 20.3. The van der Waals surface area contributed by atoms with Gasteiger partial charge in [-0.05, 0) is 11.1 Å². The fraction of sp³-hybridized carbons (Fsp3) is 0.235. The molecule has 112 valence electrons. The quantitative estimate of drug-likeness (QED) is 0.748. The van der Waals surface area contributed by atoms with Gasteiger partial charge in [0, 0.05) is 13.1 Å². The third-order valence-electron chi connectivity index (χ3n) is 3.08. The third kappa shape index (κ3) is 6.10. The molecule has 21 heavy (non-hydrogen) atoms. The molecule has 0 radical (unpaired) electrons. The zero-order valence-electron chi connectivity index (χ0n) is 12.1. The van der Waals surface area contributed by atoms with Crippen molar-refractivity contribution in [1.82, 2.24) is 4.90 Å². The molecule has 0 atom stereocenters.